The van der Waals surface area contributed by atoms with Gasteiger partial charge in [-0.15, -0.1) is 0 Å². The molecule has 2 aliphatic heterocycles. The van der Waals surface area contributed by atoms with Gasteiger partial charge in [-0.25, -0.2) is 0 Å². The van der Waals surface area contributed by atoms with Crippen LogP contribution in [0.15, 0.2) is 18.2 Å². The molecule has 3 rings (SSSR count). The number of para-hydroxylation sites is 1. The number of rotatable bonds is 7. The van der Waals surface area contributed by atoms with Crippen molar-refractivity contribution < 1.29 is 19.4 Å². The van der Waals surface area contributed by atoms with Crippen LogP contribution in [-0.4, -0.2) is 68.0 Å². The SMILES string of the molecule is COc1cccc(CN2CCC[C@](O)(CNC3CCNCC3)C2=O)c1OC. The van der Waals surface area contributed by atoms with E-state index in [0.717, 1.165) is 37.9 Å². The van der Waals surface area contributed by atoms with Gasteiger partial charge in [0.15, 0.2) is 17.1 Å². The molecule has 1 amide bonds. The van der Waals surface area contributed by atoms with Crippen LogP contribution < -0.4 is 20.1 Å². The van der Waals surface area contributed by atoms with E-state index in [9.17, 15) is 9.90 Å². The number of benzene rings is 1. The Labute approximate surface area is 161 Å². The smallest absolute Gasteiger partial charge is 0.256 e. The molecule has 7 nitrogen and oxygen atoms in total. The number of likely N-dealkylation sites (tertiary alicyclic amines) is 1. The van der Waals surface area contributed by atoms with E-state index in [2.05, 4.69) is 10.6 Å². The number of carbonyl (C=O) groups excluding carboxylic acids is 1. The fourth-order valence-corrected chi connectivity index (χ4v) is 4.00. The van der Waals surface area contributed by atoms with Gasteiger partial charge in [-0.3, -0.25) is 4.79 Å². The summed E-state index contributed by atoms with van der Waals surface area (Å²) in [7, 11) is 3.19. The van der Waals surface area contributed by atoms with Crippen LogP contribution in [0, 0.1) is 0 Å². The molecule has 0 radical (unpaired) electrons. The monoisotopic (exact) mass is 377 g/mol. The molecule has 0 aromatic heterocycles. The van der Waals surface area contributed by atoms with Crippen molar-refractivity contribution >= 4 is 5.91 Å². The molecule has 2 saturated heterocycles. The van der Waals surface area contributed by atoms with E-state index in [0.29, 0.717) is 43.6 Å². The summed E-state index contributed by atoms with van der Waals surface area (Å²) in [5, 5.41) is 17.8. The number of hydrogen-bond acceptors (Lipinski definition) is 6. The molecule has 1 aromatic carbocycles. The van der Waals surface area contributed by atoms with Gasteiger partial charge in [0, 0.05) is 31.2 Å². The molecule has 2 fully saturated rings. The maximum absolute atomic E-state index is 13.0. The zero-order valence-electron chi connectivity index (χ0n) is 16.3. The van der Waals surface area contributed by atoms with E-state index >= 15 is 0 Å². The molecule has 7 heteroatoms. The van der Waals surface area contributed by atoms with Crippen molar-refractivity contribution in [1.82, 2.24) is 15.5 Å². The van der Waals surface area contributed by atoms with Crippen LogP contribution in [-0.2, 0) is 11.3 Å². The second-order valence-corrected chi connectivity index (χ2v) is 7.42. The average Bonchev–Trinajstić information content (AvgIpc) is 2.70. The minimum atomic E-state index is -1.34. The summed E-state index contributed by atoms with van der Waals surface area (Å²) in [6.07, 6.45) is 3.32. The van der Waals surface area contributed by atoms with Crippen LogP contribution in [0.5, 0.6) is 11.5 Å². The van der Waals surface area contributed by atoms with Crippen LogP contribution in [0.4, 0.5) is 0 Å². The molecule has 2 heterocycles. The first kappa shape index (κ1) is 19.9. The van der Waals surface area contributed by atoms with Gasteiger partial charge < -0.3 is 30.1 Å². The third kappa shape index (κ3) is 4.54. The Morgan fingerprint density at radius 1 is 1.30 bits per heavy atom. The predicted octanol–water partition coefficient (Wildman–Crippen LogP) is 0.899. The maximum Gasteiger partial charge on any atom is 0.256 e. The Hall–Kier alpha value is -1.83. The van der Waals surface area contributed by atoms with Gasteiger partial charge in [-0.1, -0.05) is 12.1 Å². The minimum absolute atomic E-state index is 0.208. The number of amides is 1. The lowest BCUT2D eigenvalue weighted by Crippen LogP contribution is -2.59. The molecule has 150 valence electrons. The van der Waals surface area contributed by atoms with Crippen molar-refractivity contribution in [3.05, 3.63) is 23.8 Å². The first-order valence-corrected chi connectivity index (χ1v) is 9.73. The van der Waals surface area contributed by atoms with E-state index in [1.54, 1.807) is 19.1 Å². The average molecular weight is 377 g/mol. The summed E-state index contributed by atoms with van der Waals surface area (Å²) in [6, 6.07) is 6.00. The molecular formula is C20H31N3O4. The lowest BCUT2D eigenvalue weighted by molar-refractivity contribution is -0.157. The van der Waals surface area contributed by atoms with E-state index in [4.69, 9.17) is 9.47 Å². The number of nitrogens with one attached hydrogen (secondary N) is 2. The topological polar surface area (TPSA) is 83.1 Å². The quantitative estimate of drug-likeness (QED) is 0.655. The van der Waals surface area contributed by atoms with Gasteiger partial charge >= 0.3 is 0 Å². The number of methoxy groups -OCH3 is 2. The molecule has 1 aromatic rings. The highest BCUT2D eigenvalue weighted by molar-refractivity contribution is 5.86. The molecule has 0 aliphatic carbocycles. The van der Waals surface area contributed by atoms with Gasteiger partial charge in [0.05, 0.1) is 14.2 Å². The van der Waals surface area contributed by atoms with E-state index in [-0.39, 0.29) is 5.91 Å². The van der Waals surface area contributed by atoms with E-state index in [1.807, 2.05) is 18.2 Å². The first-order chi connectivity index (χ1) is 13.1. The summed E-state index contributed by atoms with van der Waals surface area (Å²) in [6.45, 7) is 3.30. The number of nitrogens with zero attached hydrogens (tertiary/aromatic N) is 1. The van der Waals surface area contributed by atoms with Gasteiger partial charge in [0.1, 0.15) is 0 Å². The van der Waals surface area contributed by atoms with E-state index in [1.165, 1.54) is 0 Å². The second-order valence-electron chi connectivity index (χ2n) is 7.42. The lowest BCUT2D eigenvalue weighted by Gasteiger charge is -2.39. The molecule has 2 aliphatic rings. The summed E-state index contributed by atoms with van der Waals surface area (Å²) in [5.74, 6) is 1.07. The number of aliphatic hydroxyl groups is 1. The molecule has 3 N–H and O–H groups in total. The summed E-state index contributed by atoms with van der Waals surface area (Å²) >= 11 is 0. The number of hydrogen-bond donors (Lipinski definition) is 3. The highest BCUT2D eigenvalue weighted by Gasteiger charge is 2.42. The first-order valence-electron chi connectivity index (χ1n) is 9.73. The highest BCUT2D eigenvalue weighted by Crippen LogP contribution is 2.33. The van der Waals surface area contributed by atoms with Gasteiger partial charge in [-0.2, -0.15) is 0 Å². The molecule has 0 unspecified atom stereocenters. The fraction of sp³-hybridized carbons (Fsp3) is 0.650. The van der Waals surface area contributed by atoms with Crippen molar-refractivity contribution in [3.8, 4) is 11.5 Å². The molecule has 0 spiro atoms. The highest BCUT2D eigenvalue weighted by atomic mass is 16.5. The van der Waals surface area contributed by atoms with Gasteiger partial charge in [0.2, 0.25) is 0 Å². The van der Waals surface area contributed by atoms with Crippen molar-refractivity contribution in [3.63, 3.8) is 0 Å². The summed E-state index contributed by atoms with van der Waals surface area (Å²) < 4.78 is 10.8. The van der Waals surface area contributed by atoms with Crippen LogP contribution in [0.2, 0.25) is 0 Å². The summed E-state index contributed by atoms with van der Waals surface area (Å²) in [5.41, 5.74) is -0.462. The van der Waals surface area contributed by atoms with Crippen LogP contribution in [0.1, 0.15) is 31.2 Å². The molecule has 0 bridgehead atoms. The number of piperidine rings is 2. The zero-order chi connectivity index (χ0) is 19.3. The van der Waals surface area contributed by atoms with Crippen LogP contribution in [0.25, 0.3) is 0 Å². The van der Waals surface area contributed by atoms with Crippen molar-refractivity contribution in [2.45, 2.75) is 43.9 Å². The maximum atomic E-state index is 13.0. The Bertz CT molecular complexity index is 648. The minimum Gasteiger partial charge on any atom is -0.493 e. The predicted molar refractivity (Wildman–Crippen MR) is 103 cm³/mol. The Morgan fingerprint density at radius 2 is 2.07 bits per heavy atom. The zero-order valence-corrected chi connectivity index (χ0v) is 16.3. The fourth-order valence-electron chi connectivity index (χ4n) is 4.00. The Kier molecular flexibility index (Phi) is 6.57. The third-order valence-corrected chi connectivity index (χ3v) is 5.57. The Morgan fingerprint density at radius 3 is 2.78 bits per heavy atom. The largest absolute Gasteiger partial charge is 0.493 e. The van der Waals surface area contributed by atoms with Crippen LogP contribution in [0.3, 0.4) is 0 Å². The molecule has 0 saturated carbocycles. The van der Waals surface area contributed by atoms with Crippen LogP contribution >= 0.6 is 0 Å². The van der Waals surface area contributed by atoms with Crippen molar-refractivity contribution in [2.75, 3.05) is 40.4 Å². The molecule has 27 heavy (non-hydrogen) atoms. The standard InChI is InChI=1S/C20H31N3O4/c1-26-17-6-3-5-15(18(17)27-2)13-23-12-4-9-20(25,19(23)24)14-22-16-7-10-21-11-8-16/h3,5-6,16,21-22,25H,4,7-14H2,1-2H3/t20-/m0/s1. The van der Waals surface area contributed by atoms with Crippen molar-refractivity contribution in [1.29, 1.82) is 0 Å². The Balaban J connectivity index is 1.67. The van der Waals surface area contributed by atoms with Gasteiger partial charge in [-0.05, 0) is 44.8 Å². The van der Waals surface area contributed by atoms with Gasteiger partial charge in [0.25, 0.3) is 5.91 Å². The normalized spacial score (nSPS) is 24.1. The van der Waals surface area contributed by atoms with Crippen molar-refractivity contribution in [2.24, 2.45) is 0 Å². The molecular weight excluding hydrogens is 346 g/mol. The molecule has 1 atom stereocenters. The number of carbonyl (C=O) groups is 1. The second kappa shape index (κ2) is 8.91. The van der Waals surface area contributed by atoms with E-state index < -0.39 is 5.60 Å². The number of ether oxygens (including phenoxy) is 2. The third-order valence-electron chi connectivity index (χ3n) is 5.57. The summed E-state index contributed by atoms with van der Waals surface area (Å²) in [4.78, 5) is 14.8. The lowest BCUT2D eigenvalue weighted by atomic mass is 9.90.